The fourth-order valence-corrected chi connectivity index (χ4v) is 2.64. The molecular weight excluding hydrogens is 284 g/mol. The first-order valence-electron chi connectivity index (χ1n) is 6.73. The van der Waals surface area contributed by atoms with E-state index in [0.29, 0.717) is 18.8 Å². The number of carbonyl (C=O) groups excluding carboxylic acids is 1. The Morgan fingerprint density at radius 3 is 2.81 bits per heavy atom. The number of rotatable bonds is 6. The third kappa shape index (κ3) is 4.63. The number of nitrogens with one attached hydrogen (secondary N) is 1. The maximum atomic E-state index is 12.0. The molecule has 0 aliphatic heterocycles. The largest absolute Gasteiger partial charge is 0.347 e. The third-order valence-electron chi connectivity index (χ3n) is 2.90. The second-order valence-corrected chi connectivity index (χ2v) is 6.01. The lowest BCUT2D eigenvalue weighted by Crippen LogP contribution is -2.23. The fraction of sp³-hybridized carbons (Fsp3) is 0.333. The van der Waals surface area contributed by atoms with Crippen molar-refractivity contribution in [1.82, 2.24) is 15.2 Å². The Labute approximate surface area is 128 Å². The van der Waals surface area contributed by atoms with Gasteiger partial charge in [-0.3, -0.25) is 4.79 Å². The van der Waals surface area contributed by atoms with Crippen molar-refractivity contribution in [2.75, 3.05) is 14.1 Å². The van der Waals surface area contributed by atoms with Crippen LogP contribution in [0.15, 0.2) is 29.6 Å². The third-order valence-corrected chi connectivity index (χ3v) is 3.77. The van der Waals surface area contributed by atoms with Gasteiger partial charge in [0.1, 0.15) is 10.7 Å². The van der Waals surface area contributed by atoms with Crippen molar-refractivity contribution in [1.29, 1.82) is 0 Å². The molecule has 5 nitrogen and oxygen atoms in total. The van der Waals surface area contributed by atoms with Gasteiger partial charge in [0, 0.05) is 25.0 Å². The summed E-state index contributed by atoms with van der Waals surface area (Å²) in [6.45, 7) is 1.74. The van der Waals surface area contributed by atoms with Gasteiger partial charge in [0.05, 0.1) is 0 Å². The molecule has 0 aliphatic carbocycles. The molecule has 2 rings (SSSR count). The summed E-state index contributed by atoms with van der Waals surface area (Å²) in [5.41, 5.74) is 8.24. The first kappa shape index (κ1) is 15.6. The Bertz CT molecular complexity index is 609. The minimum absolute atomic E-state index is 0.163. The number of hydrogen-bond donors (Lipinski definition) is 2. The van der Waals surface area contributed by atoms with Gasteiger partial charge in [0.25, 0.3) is 5.91 Å². The Morgan fingerprint density at radius 2 is 2.14 bits per heavy atom. The van der Waals surface area contributed by atoms with Crippen molar-refractivity contribution in [3.05, 3.63) is 51.5 Å². The van der Waals surface area contributed by atoms with E-state index in [1.165, 1.54) is 16.9 Å². The summed E-state index contributed by atoms with van der Waals surface area (Å²) in [6, 6.07) is 8.20. The molecular formula is C15H20N4OS. The highest BCUT2D eigenvalue weighted by molar-refractivity contribution is 7.09. The fourth-order valence-electron chi connectivity index (χ4n) is 1.98. The van der Waals surface area contributed by atoms with Crippen LogP contribution in [0.1, 0.15) is 26.6 Å². The quantitative estimate of drug-likeness (QED) is 0.850. The highest BCUT2D eigenvalue weighted by Gasteiger charge is 2.09. The number of nitrogens with zero attached hydrogens (tertiary/aromatic N) is 2. The van der Waals surface area contributed by atoms with Crippen molar-refractivity contribution in [2.24, 2.45) is 5.73 Å². The lowest BCUT2D eigenvalue weighted by molar-refractivity contribution is 0.0946. The second-order valence-electron chi connectivity index (χ2n) is 5.07. The molecule has 1 heterocycles. The Morgan fingerprint density at radius 1 is 1.38 bits per heavy atom. The van der Waals surface area contributed by atoms with Crippen LogP contribution in [0.5, 0.6) is 0 Å². The van der Waals surface area contributed by atoms with Gasteiger partial charge in [-0.15, -0.1) is 11.3 Å². The van der Waals surface area contributed by atoms with Crippen LogP contribution < -0.4 is 11.1 Å². The SMILES string of the molecule is CN(C)Cc1cccc(CNC(=O)c2csc(CN)n2)c1. The van der Waals surface area contributed by atoms with Crippen LogP contribution in [0, 0.1) is 0 Å². The average Bonchev–Trinajstić information content (AvgIpc) is 2.93. The molecule has 3 N–H and O–H groups in total. The first-order chi connectivity index (χ1) is 10.1. The van der Waals surface area contributed by atoms with E-state index in [4.69, 9.17) is 5.73 Å². The summed E-state index contributed by atoms with van der Waals surface area (Å²) >= 11 is 1.41. The van der Waals surface area contributed by atoms with Crippen molar-refractivity contribution in [2.45, 2.75) is 19.6 Å². The van der Waals surface area contributed by atoms with E-state index in [0.717, 1.165) is 17.1 Å². The standard InChI is InChI=1S/C15H20N4OS/c1-19(2)9-12-5-3-4-11(6-12)8-17-15(20)13-10-21-14(7-16)18-13/h3-6,10H,7-9,16H2,1-2H3,(H,17,20). The van der Waals surface area contributed by atoms with Crippen LogP contribution in [0.25, 0.3) is 0 Å². The van der Waals surface area contributed by atoms with Gasteiger partial charge in [-0.2, -0.15) is 0 Å². The lowest BCUT2D eigenvalue weighted by atomic mass is 10.1. The number of carbonyl (C=O) groups is 1. The van der Waals surface area contributed by atoms with E-state index in [9.17, 15) is 4.79 Å². The van der Waals surface area contributed by atoms with E-state index in [1.807, 2.05) is 26.2 Å². The van der Waals surface area contributed by atoms with Gasteiger partial charge in [-0.1, -0.05) is 24.3 Å². The molecule has 1 aromatic carbocycles. The molecule has 6 heteroatoms. The number of aromatic nitrogens is 1. The monoisotopic (exact) mass is 304 g/mol. The zero-order chi connectivity index (χ0) is 15.2. The van der Waals surface area contributed by atoms with E-state index in [2.05, 4.69) is 27.3 Å². The molecule has 1 amide bonds. The van der Waals surface area contributed by atoms with Gasteiger partial charge in [-0.25, -0.2) is 4.98 Å². The van der Waals surface area contributed by atoms with Crippen LogP contribution in [-0.2, 0) is 19.6 Å². The smallest absolute Gasteiger partial charge is 0.271 e. The summed E-state index contributed by atoms with van der Waals surface area (Å²) in [7, 11) is 4.07. The first-order valence-corrected chi connectivity index (χ1v) is 7.61. The number of hydrogen-bond acceptors (Lipinski definition) is 5. The summed E-state index contributed by atoms with van der Waals surface area (Å²) in [4.78, 5) is 18.3. The maximum Gasteiger partial charge on any atom is 0.271 e. The maximum absolute atomic E-state index is 12.0. The van der Waals surface area contributed by atoms with Crippen molar-refractivity contribution < 1.29 is 4.79 Å². The highest BCUT2D eigenvalue weighted by Crippen LogP contribution is 2.10. The van der Waals surface area contributed by atoms with E-state index in [-0.39, 0.29) is 5.91 Å². The normalized spacial score (nSPS) is 10.9. The molecule has 21 heavy (non-hydrogen) atoms. The molecule has 0 saturated heterocycles. The van der Waals surface area contributed by atoms with Crippen LogP contribution in [0.2, 0.25) is 0 Å². The van der Waals surface area contributed by atoms with Crippen molar-refractivity contribution in [3.63, 3.8) is 0 Å². The summed E-state index contributed by atoms with van der Waals surface area (Å²) < 4.78 is 0. The molecule has 0 radical (unpaired) electrons. The molecule has 0 spiro atoms. The van der Waals surface area contributed by atoms with Gasteiger partial charge in [0.15, 0.2) is 0 Å². The van der Waals surface area contributed by atoms with Gasteiger partial charge in [0.2, 0.25) is 0 Å². The Balaban J connectivity index is 1.94. The minimum Gasteiger partial charge on any atom is -0.347 e. The van der Waals surface area contributed by atoms with Crippen molar-refractivity contribution in [3.8, 4) is 0 Å². The summed E-state index contributed by atoms with van der Waals surface area (Å²) in [5.74, 6) is -0.163. The zero-order valence-electron chi connectivity index (χ0n) is 12.3. The Kier molecular flexibility index (Phi) is 5.44. The number of nitrogens with two attached hydrogens (primary N) is 1. The van der Waals surface area contributed by atoms with Crippen LogP contribution in [-0.4, -0.2) is 29.9 Å². The highest BCUT2D eigenvalue weighted by atomic mass is 32.1. The minimum atomic E-state index is -0.163. The summed E-state index contributed by atoms with van der Waals surface area (Å²) in [5, 5.41) is 5.39. The van der Waals surface area contributed by atoms with E-state index < -0.39 is 0 Å². The number of thiazole rings is 1. The molecule has 1 aromatic heterocycles. The summed E-state index contributed by atoms with van der Waals surface area (Å²) in [6.07, 6.45) is 0. The molecule has 0 atom stereocenters. The molecule has 112 valence electrons. The topological polar surface area (TPSA) is 71.2 Å². The van der Waals surface area contributed by atoms with Crippen LogP contribution >= 0.6 is 11.3 Å². The van der Waals surface area contributed by atoms with Crippen molar-refractivity contribution >= 4 is 17.2 Å². The average molecular weight is 304 g/mol. The van der Waals surface area contributed by atoms with Gasteiger partial charge < -0.3 is 16.0 Å². The predicted molar refractivity (Wildman–Crippen MR) is 85.0 cm³/mol. The lowest BCUT2D eigenvalue weighted by Gasteiger charge is -2.11. The van der Waals surface area contributed by atoms with E-state index >= 15 is 0 Å². The predicted octanol–water partition coefficient (Wildman–Crippen LogP) is 1.59. The molecule has 0 fully saturated rings. The molecule has 0 bridgehead atoms. The Hall–Kier alpha value is -1.76. The zero-order valence-corrected chi connectivity index (χ0v) is 13.1. The molecule has 0 saturated carbocycles. The number of amides is 1. The second kappa shape index (κ2) is 7.31. The van der Waals surface area contributed by atoms with Crippen LogP contribution in [0.3, 0.4) is 0 Å². The van der Waals surface area contributed by atoms with Gasteiger partial charge >= 0.3 is 0 Å². The van der Waals surface area contributed by atoms with Gasteiger partial charge in [-0.05, 0) is 25.2 Å². The van der Waals surface area contributed by atoms with Crippen LogP contribution in [0.4, 0.5) is 0 Å². The molecule has 2 aromatic rings. The van der Waals surface area contributed by atoms with E-state index in [1.54, 1.807) is 5.38 Å². The number of benzene rings is 1. The molecule has 0 aliphatic rings. The molecule has 0 unspecified atom stereocenters.